The number of alkyl halides is 3. The van der Waals surface area contributed by atoms with Crippen LogP contribution in [0.5, 0.6) is 0 Å². The fourth-order valence-electron chi connectivity index (χ4n) is 1.72. The maximum Gasteiger partial charge on any atom is 0.401 e. The van der Waals surface area contributed by atoms with E-state index < -0.39 is 12.7 Å². The maximum absolute atomic E-state index is 12.3. The van der Waals surface area contributed by atoms with Crippen LogP contribution in [-0.2, 0) is 6.54 Å². The van der Waals surface area contributed by atoms with Gasteiger partial charge in [0, 0.05) is 19.6 Å². The standard InChI is InChI=1S/C12H17F3N2/c1-10-3-2-4-11(7-10)8-17(6-5-16)9-12(13,14)15/h2-4,7H,5-6,8-9,16H2,1H3. The Hall–Kier alpha value is -1.07. The first-order valence-electron chi connectivity index (χ1n) is 5.45. The number of halogens is 3. The first kappa shape index (κ1) is 14.0. The molecule has 0 aliphatic carbocycles. The van der Waals surface area contributed by atoms with E-state index in [4.69, 9.17) is 5.73 Å². The molecule has 1 aromatic carbocycles. The minimum absolute atomic E-state index is 0.224. The summed E-state index contributed by atoms with van der Waals surface area (Å²) >= 11 is 0. The molecule has 0 fully saturated rings. The van der Waals surface area contributed by atoms with E-state index in [1.165, 1.54) is 4.90 Å². The van der Waals surface area contributed by atoms with Crippen LogP contribution in [0.1, 0.15) is 11.1 Å². The van der Waals surface area contributed by atoms with Crippen LogP contribution in [0, 0.1) is 6.92 Å². The zero-order valence-corrected chi connectivity index (χ0v) is 9.80. The lowest BCUT2D eigenvalue weighted by molar-refractivity contribution is -0.146. The molecular formula is C12H17F3N2. The van der Waals surface area contributed by atoms with Crippen molar-refractivity contribution < 1.29 is 13.2 Å². The largest absolute Gasteiger partial charge is 0.401 e. The summed E-state index contributed by atoms with van der Waals surface area (Å²) in [7, 11) is 0. The number of benzene rings is 1. The van der Waals surface area contributed by atoms with Gasteiger partial charge < -0.3 is 5.73 Å². The van der Waals surface area contributed by atoms with Crippen LogP contribution in [0.2, 0.25) is 0 Å². The Morgan fingerprint density at radius 3 is 2.53 bits per heavy atom. The SMILES string of the molecule is Cc1cccc(CN(CCN)CC(F)(F)F)c1. The molecule has 0 aliphatic heterocycles. The summed E-state index contributed by atoms with van der Waals surface area (Å²) in [6.45, 7) is 1.74. The van der Waals surface area contributed by atoms with E-state index in [9.17, 15) is 13.2 Å². The van der Waals surface area contributed by atoms with Gasteiger partial charge in [0.25, 0.3) is 0 Å². The number of hydrogen-bond acceptors (Lipinski definition) is 2. The molecule has 0 spiro atoms. The highest BCUT2D eigenvalue weighted by Gasteiger charge is 2.30. The lowest BCUT2D eigenvalue weighted by Gasteiger charge is -2.23. The molecule has 2 N–H and O–H groups in total. The summed E-state index contributed by atoms with van der Waals surface area (Å²) in [6.07, 6.45) is -4.18. The average molecular weight is 246 g/mol. The Kier molecular flexibility index (Phi) is 4.96. The number of hydrogen-bond donors (Lipinski definition) is 1. The van der Waals surface area contributed by atoms with Crippen LogP contribution in [0.25, 0.3) is 0 Å². The summed E-state index contributed by atoms with van der Waals surface area (Å²) in [5.41, 5.74) is 7.24. The van der Waals surface area contributed by atoms with E-state index in [0.29, 0.717) is 0 Å². The summed E-state index contributed by atoms with van der Waals surface area (Å²) in [5.74, 6) is 0. The molecule has 0 atom stereocenters. The van der Waals surface area contributed by atoms with E-state index in [1.54, 1.807) is 0 Å². The molecule has 0 amide bonds. The number of rotatable bonds is 5. The van der Waals surface area contributed by atoms with Gasteiger partial charge in [0.2, 0.25) is 0 Å². The molecule has 0 aliphatic rings. The van der Waals surface area contributed by atoms with Crippen molar-refractivity contribution in [3.8, 4) is 0 Å². The topological polar surface area (TPSA) is 29.3 Å². The van der Waals surface area contributed by atoms with Crippen LogP contribution >= 0.6 is 0 Å². The molecule has 5 heteroatoms. The van der Waals surface area contributed by atoms with Crippen LogP contribution in [0.3, 0.4) is 0 Å². The van der Waals surface area contributed by atoms with Crippen molar-refractivity contribution in [1.82, 2.24) is 4.90 Å². The predicted octanol–water partition coefficient (Wildman–Crippen LogP) is 2.32. The van der Waals surface area contributed by atoms with Crippen molar-refractivity contribution in [2.45, 2.75) is 19.6 Å². The van der Waals surface area contributed by atoms with Gasteiger partial charge in [0.05, 0.1) is 6.54 Å². The Morgan fingerprint density at radius 2 is 2.00 bits per heavy atom. The van der Waals surface area contributed by atoms with Crippen LogP contribution < -0.4 is 5.73 Å². The Morgan fingerprint density at radius 1 is 1.29 bits per heavy atom. The van der Waals surface area contributed by atoms with Crippen LogP contribution in [-0.4, -0.2) is 30.7 Å². The highest BCUT2D eigenvalue weighted by molar-refractivity contribution is 5.22. The quantitative estimate of drug-likeness (QED) is 0.864. The van der Waals surface area contributed by atoms with Gasteiger partial charge in [-0.1, -0.05) is 29.8 Å². The van der Waals surface area contributed by atoms with Crippen molar-refractivity contribution >= 4 is 0 Å². The van der Waals surface area contributed by atoms with Gasteiger partial charge in [-0.2, -0.15) is 13.2 Å². The maximum atomic E-state index is 12.3. The molecule has 0 heterocycles. The molecule has 0 unspecified atom stereocenters. The monoisotopic (exact) mass is 246 g/mol. The fraction of sp³-hybridized carbons (Fsp3) is 0.500. The van der Waals surface area contributed by atoms with Gasteiger partial charge in [-0.05, 0) is 12.5 Å². The van der Waals surface area contributed by atoms with Gasteiger partial charge >= 0.3 is 6.18 Å². The molecule has 96 valence electrons. The lowest BCUT2D eigenvalue weighted by Crippen LogP contribution is -2.37. The van der Waals surface area contributed by atoms with Crippen molar-refractivity contribution in [2.75, 3.05) is 19.6 Å². The van der Waals surface area contributed by atoms with E-state index in [2.05, 4.69) is 0 Å². The van der Waals surface area contributed by atoms with E-state index in [0.717, 1.165) is 11.1 Å². The summed E-state index contributed by atoms with van der Waals surface area (Å²) in [5, 5.41) is 0. The summed E-state index contributed by atoms with van der Waals surface area (Å²) in [4.78, 5) is 1.31. The van der Waals surface area contributed by atoms with Crippen LogP contribution in [0.4, 0.5) is 13.2 Å². The van der Waals surface area contributed by atoms with Crippen molar-refractivity contribution in [3.05, 3.63) is 35.4 Å². The first-order chi connectivity index (χ1) is 7.90. The average Bonchev–Trinajstić information content (AvgIpc) is 2.15. The summed E-state index contributed by atoms with van der Waals surface area (Å²) in [6, 6.07) is 7.48. The van der Waals surface area contributed by atoms with E-state index >= 15 is 0 Å². The Balaban J connectivity index is 2.66. The minimum Gasteiger partial charge on any atom is -0.329 e. The van der Waals surface area contributed by atoms with Crippen molar-refractivity contribution in [3.63, 3.8) is 0 Å². The van der Waals surface area contributed by atoms with Crippen molar-refractivity contribution in [1.29, 1.82) is 0 Å². The Bertz CT molecular complexity index is 350. The lowest BCUT2D eigenvalue weighted by atomic mass is 10.1. The second-order valence-electron chi connectivity index (χ2n) is 4.10. The zero-order valence-electron chi connectivity index (χ0n) is 9.80. The van der Waals surface area contributed by atoms with Gasteiger partial charge in [0.1, 0.15) is 0 Å². The molecule has 0 saturated carbocycles. The highest BCUT2D eigenvalue weighted by Crippen LogP contribution is 2.18. The van der Waals surface area contributed by atoms with Gasteiger partial charge in [-0.3, -0.25) is 4.90 Å². The third kappa shape index (κ3) is 5.70. The molecule has 0 saturated heterocycles. The second-order valence-corrected chi connectivity index (χ2v) is 4.10. The molecule has 1 aromatic rings. The predicted molar refractivity (Wildman–Crippen MR) is 61.6 cm³/mol. The molecule has 2 nitrogen and oxygen atoms in total. The van der Waals surface area contributed by atoms with Gasteiger partial charge in [-0.15, -0.1) is 0 Å². The van der Waals surface area contributed by atoms with Crippen molar-refractivity contribution in [2.24, 2.45) is 5.73 Å². The third-order valence-electron chi connectivity index (χ3n) is 2.34. The first-order valence-corrected chi connectivity index (χ1v) is 5.45. The highest BCUT2D eigenvalue weighted by atomic mass is 19.4. The minimum atomic E-state index is -4.18. The number of nitrogens with zero attached hydrogens (tertiary/aromatic N) is 1. The zero-order chi connectivity index (χ0) is 12.9. The van der Waals surface area contributed by atoms with Gasteiger partial charge in [0.15, 0.2) is 0 Å². The second kappa shape index (κ2) is 6.02. The van der Waals surface area contributed by atoms with Crippen LogP contribution in [0.15, 0.2) is 24.3 Å². The molecule has 0 radical (unpaired) electrons. The molecule has 1 rings (SSSR count). The van der Waals surface area contributed by atoms with Gasteiger partial charge in [-0.25, -0.2) is 0 Å². The molecular weight excluding hydrogens is 229 g/mol. The summed E-state index contributed by atoms with van der Waals surface area (Å²) < 4.78 is 37.0. The number of aryl methyl sites for hydroxylation is 1. The number of nitrogens with two attached hydrogens (primary N) is 1. The van der Waals surface area contributed by atoms with E-state index in [-0.39, 0.29) is 19.6 Å². The normalized spacial score (nSPS) is 12.1. The van der Waals surface area contributed by atoms with E-state index in [1.807, 2.05) is 31.2 Å². The smallest absolute Gasteiger partial charge is 0.329 e. The Labute approximate surface area is 99.2 Å². The molecule has 17 heavy (non-hydrogen) atoms. The third-order valence-corrected chi connectivity index (χ3v) is 2.34. The molecule has 0 bridgehead atoms. The molecule has 0 aromatic heterocycles. The fourth-order valence-corrected chi connectivity index (χ4v) is 1.72.